The molecular weight excluding hydrogens is 206 g/mol. The maximum absolute atomic E-state index is 11.5. The zero-order valence-corrected chi connectivity index (χ0v) is 9.70. The van der Waals surface area contributed by atoms with Gasteiger partial charge in [0.25, 0.3) is 0 Å². The number of ether oxygens (including phenoxy) is 2. The van der Waals surface area contributed by atoms with Crippen molar-refractivity contribution in [2.24, 2.45) is 11.7 Å². The molecule has 0 bridgehead atoms. The molecule has 0 amide bonds. The Hall–Kier alpha value is -1.03. The molecule has 1 aliphatic carbocycles. The molecular formula is C12H19NO3. The Bertz CT molecular complexity index is 307. The number of hydrogen-bond acceptors (Lipinski definition) is 4. The number of carbonyl (C=O) groups excluding carboxylic acids is 1. The van der Waals surface area contributed by atoms with Crippen LogP contribution in [-0.4, -0.2) is 25.3 Å². The van der Waals surface area contributed by atoms with Gasteiger partial charge in [0.2, 0.25) is 0 Å². The molecule has 1 saturated heterocycles. The molecule has 2 aliphatic rings. The van der Waals surface area contributed by atoms with Gasteiger partial charge in [0, 0.05) is 0 Å². The Kier molecular flexibility index (Phi) is 3.49. The summed E-state index contributed by atoms with van der Waals surface area (Å²) in [6.07, 6.45) is 4.33. The van der Waals surface area contributed by atoms with Gasteiger partial charge >= 0.3 is 5.97 Å². The highest BCUT2D eigenvalue weighted by atomic mass is 16.5. The van der Waals surface area contributed by atoms with Crippen LogP contribution < -0.4 is 5.73 Å². The summed E-state index contributed by atoms with van der Waals surface area (Å²) in [6, 6.07) is 0. The molecule has 4 heteroatoms. The SMILES string of the molecule is CCOC(=O)/C(N)=C1\CCOC(C2CC2)C1. The summed E-state index contributed by atoms with van der Waals surface area (Å²) in [5.74, 6) is 0.305. The van der Waals surface area contributed by atoms with E-state index >= 15 is 0 Å². The number of nitrogens with two attached hydrogens (primary N) is 1. The van der Waals surface area contributed by atoms with Crippen LogP contribution in [0.25, 0.3) is 0 Å². The second kappa shape index (κ2) is 4.87. The van der Waals surface area contributed by atoms with Gasteiger partial charge in [0.05, 0.1) is 19.3 Å². The number of rotatable bonds is 3. The monoisotopic (exact) mass is 225 g/mol. The minimum atomic E-state index is -0.381. The molecule has 90 valence electrons. The van der Waals surface area contributed by atoms with Crippen LogP contribution in [0, 0.1) is 5.92 Å². The van der Waals surface area contributed by atoms with Crippen LogP contribution in [0.4, 0.5) is 0 Å². The molecule has 2 fully saturated rings. The summed E-state index contributed by atoms with van der Waals surface area (Å²) in [6.45, 7) is 2.83. The van der Waals surface area contributed by atoms with Crippen molar-refractivity contribution in [3.63, 3.8) is 0 Å². The topological polar surface area (TPSA) is 61.5 Å². The fourth-order valence-electron chi connectivity index (χ4n) is 2.11. The molecule has 1 aliphatic heterocycles. The Morgan fingerprint density at radius 3 is 2.94 bits per heavy atom. The Morgan fingerprint density at radius 1 is 1.56 bits per heavy atom. The van der Waals surface area contributed by atoms with Crippen LogP contribution in [-0.2, 0) is 14.3 Å². The van der Waals surface area contributed by atoms with Crippen LogP contribution in [0.2, 0.25) is 0 Å². The van der Waals surface area contributed by atoms with E-state index in [-0.39, 0.29) is 12.1 Å². The van der Waals surface area contributed by atoms with Gasteiger partial charge in [-0.2, -0.15) is 0 Å². The quantitative estimate of drug-likeness (QED) is 0.582. The normalized spacial score (nSPS) is 28.7. The van der Waals surface area contributed by atoms with Gasteiger partial charge in [-0.05, 0) is 44.1 Å². The summed E-state index contributed by atoms with van der Waals surface area (Å²) < 4.78 is 10.6. The summed E-state index contributed by atoms with van der Waals surface area (Å²) in [7, 11) is 0. The molecule has 4 nitrogen and oxygen atoms in total. The lowest BCUT2D eigenvalue weighted by atomic mass is 9.97. The maximum Gasteiger partial charge on any atom is 0.354 e. The summed E-state index contributed by atoms with van der Waals surface area (Å²) in [4.78, 5) is 11.5. The zero-order chi connectivity index (χ0) is 11.5. The maximum atomic E-state index is 11.5. The number of carbonyl (C=O) groups is 1. The third kappa shape index (κ3) is 2.55. The van der Waals surface area contributed by atoms with Crippen LogP contribution in [0.1, 0.15) is 32.6 Å². The highest BCUT2D eigenvalue weighted by molar-refractivity contribution is 5.88. The fourth-order valence-corrected chi connectivity index (χ4v) is 2.11. The van der Waals surface area contributed by atoms with Crippen LogP contribution in [0.5, 0.6) is 0 Å². The van der Waals surface area contributed by atoms with Crippen LogP contribution in [0.15, 0.2) is 11.3 Å². The zero-order valence-electron chi connectivity index (χ0n) is 9.70. The van der Waals surface area contributed by atoms with Crippen molar-refractivity contribution in [2.45, 2.75) is 38.7 Å². The Morgan fingerprint density at radius 2 is 2.31 bits per heavy atom. The van der Waals surface area contributed by atoms with E-state index in [2.05, 4.69) is 0 Å². The molecule has 0 aromatic carbocycles. The van der Waals surface area contributed by atoms with Gasteiger partial charge in [-0.15, -0.1) is 0 Å². The first-order valence-corrected chi connectivity index (χ1v) is 5.98. The highest BCUT2D eigenvalue weighted by Gasteiger charge is 2.35. The number of hydrogen-bond donors (Lipinski definition) is 1. The third-order valence-corrected chi connectivity index (χ3v) is 3.21. The second-order valence-corrected chi connectivity index (χ2v) is 4.44. The van der Waals surface area contributed by atoms with E-state index in [1.807, 2.05) is 0 Å². The largest absolute Gasteiger partial charge is 0.461 e. The van der Waals surface area contributed by atoms with E-state index in [0.29, 0.717) is 24.8 Å². The predicted molar refractivity (Wildman–Crippen MR) is 59.5 cm³/mol. The first-order chi connectivity index (χ1) is 7.72. The molecule has 1 atom stereocenters. The first kappa shape index (κ1) is 11.5. The molecule has 16 heavy (non-hydrogen) atoms. The second-order valence-electron chi connectivity index (χ2n) is 4.44. The van der Waals surface area contributed by atoms with Crippen molar-refractivity contribution in [1.82, 2.24) is 0 Å². The molecule has 0 aromatic rings. The Balaban J connectivity index is 2.00. The smallest absolute Gasteiger partial charge is 0.354 e. The van der Waals surface area contributed by atoms with Crippen molar-refractivity contribution in [3.05, 3.63) is 11.3 Å². The summed E-state index contributed by atoms with van der Waals surface area (Å²) in [5.41, 5.74) is 7.13. The molecule has 0 spiro atoms. The van der Waals surface area contributed by atoms with Crippen molar-refractivity contribution >= 4 is 5.97 Å². The standard InChI is InChI=1S/C12H19NO3/c1-2-15-12(14)11(13)9-5-6-16-10(7-9)8-3-4-8/h8,10H,2-7,13H2,1H3/b11-9-. The van der Waals surface area contributed by atoms with E-state index in [9.17, 15) is 4.79 Å². The van der Waals surface area contributed by atoms with Gasteiger partial charge in [-0.3, -0.25) is 0 Å². The average Bonchev–Trinajstić information content (AvgIpc) is 3.12. The molecule has 1 heterocycles. The molecule has 1 unspecified atom stereocenters. The summed E-state index contributed by atoms with van der Waals surface area (Å²) in [5, 5.41) is 0. The first-order valence-electron chi connectivity index (χ1n) is 5.98. The van der Waals surface area contributed by atoms with E-state index < -0.39 is 0 Å². The van der Waals surface area contributed by atoms with Crippen molar-refractivity contribution in [3.8, 4) is 0 Å². The average molecular weight is 225 g/mol. The number of esters is 1. The molecule has 2 rings (SSSR count). The van der Waals surface area contributed by atoms with Crippen LogP contribution >= 0.6 is 0 Å². The third-order valence-electron chi connectivity index (χ3n) is 3.21. The fraction of sp³-hybridized carbons (Fsp3) is 0.750. The summed E-state index contributed by atoms with van der Waals surface area (Å²) >= 11 is 0. The van der Waals surface area contributed by atoms with E-state index in [4.69, 9.17) is 15.2 Å². The van der Waals surface area contributed by atoms with Gasteiger partial charge in [-0.25, -0.2) is 4.79 Å². The lowest BCUT2D eigenvalue weighted by Crippen LogP contribution is -2.27. The van der Waals surface area contributed by atoms with Crippen LogP contribution in [0.3, 0.4) is 0 Å². The van der Waals surface area contributed by atoms with E-state index in [1.165, 1.54) is 12.8 Å². The van der Waals surface area contributed by atoms with Crippen molar-refractivity contribution in [2.75, 3.05) is 13.2 Å². The predicted octanol–water partition coefficient (Wildman–Crippen LogP) is 1.35. The van der Waals surface area contributed by atoms with Crippen molar-refractivity contribution < 1.29 is 14.3 Å². The van der Waals surface area contributed by atoms with E-state index in [0.717, 1.165) is 18.4 Å². The lowest BCUT2D eigenvalue weighted by molar-refractivity contribution is -0.138. The minimum Gasteiger partial charge on any atom is -0.461 e. The minimum absolute atomic E-state index is 0.275. The Labute approximate surface area is 95.8 Å². The molecule has 1 saturated carbocycles. The van der Waals surface area contributed by atoms with Gasteiger partial charge in [-0.1, -0.05) is 0 Å². The molecule has 0 aromatic heterocycles. The van der Waals surface area contributed by atoms with Gasteiger partial charge in [0.15, 0.2) is 0 Å². The molecule has 0 radical (unpaired) electrons. The lowest BCUT2D eigenvalue weighted by Gasteiger charge is -2.25. The van der Waals surface area contributed by atoms with Crippen molar-refractivity contribution in [1.29, 1.82) is 0 Å². The molecule has 2 N–H and O–H groups in total. The van der Waals surface area contributed by atoms with E-state index in [1.54, 1.807) is 6.92 Å². The van der Waals surface area contributed by atoms with Gasteiger partial charge in [0.1, 0.15) is 5.70 Å². The van der Waals surface area contributed by atoms with Gasteiger partial charge < -0.3 is 15.2 Å². The highest BCUT2D eigenvalue weighted by Crippen LogP contribution is 2.39.